The third-order valence-corrected chi connectivity index (χ3v) is 3.86. The summed E-state index contributed by atoms with van der Waals surface area (Å²) in [5.41, 5.74) is 3.45. The van der Waals surface area contributed by atoms with Gasteiger partial charge in [0.1, 0.15) is 5.82 Å². The van der Waals surface area contributed by atoms with Crippen LogP contribution in [-0.4, -0.2) is 15.5 Å². The molecular weight excluding hydrogens is 305 g/mol. The van der Waals surface area contributed by atoms with Crippen LogP contribution in [0.4, 0.5) is 4.39 Å². The highest BCUT2D eigenvalue weighted by atomic mass is 19.1. The van der Waals surface area contributed by atoms with Crippen LogP contribution in [0.2, 0.25) is 0 Å². The molecular formula is C19H18FN3O. The molecule has 122 valence electrons. The van der Waals surface area contributed by atoms with Gasteiger partial charge in [-0.1, -0.05) is 30.3 Å². The summed E-state index contributed by atoms with van der Waals surface area (Å²) in [6, 6.07) is 15.7. The molecule has 0 aliphatic rings. The molecule has 0 fully saturated rings. The first-order valence-corrected chi connectivity index (χ1v) is 7.69. The van der Waals surface area contributed by atoms with Crippen molar-refractivity contribution in [3.63, 3.8) is 0 Å². The van der Waals surface area contributed by atoms with E-state index in [-0.39, 0.29) is 11.4 Å². The fraction of sp³-hybridized carbons (Fsp3) is 0.158. The number of nitrogens with zero attached hydrogens (tertiary/aromatic N) is 2. The molecule has 0 spiro atoms. The number of aromatic amines is 1. The third-order valence-electron chi connectivity index (χ3n) is 3.86. The molecule has 3 rings (SSSR count). The Labute approximate surface area is 139 Å². The van der Waals surface area contributed by atoms with E-state index in [4.69, 9.17) is 0 Å². The molecule has 24 heavy (non-hydrogen) atoms. The summed E-state index contributed by atoms with van der Waals surface area (Å²) in [5, 5.41) is 3.03. The van der Waals surface area contributed by atoms with Gasteiger partial charge in [0.2, 0.25) is 0 Å². The van der Waals surface area contributed by atoms with E-state index in [9.17, 15) is 9.18 Å². The number of aromatic nitrogens is 2. The van der Waals surface area contributed by atoms with Crippen LogP contribution in [0.3, 0.4) is 0 Å². The van der Waals surface area contributed by atoms with Gasteiger partial charge in [-0.25, -0.2) is 9.07 Å². The van der Waals surface area contributed by atoms with Crippen LogP contribution in [-0.2, 0) is 6.54 Å². The van der Waals surface area contributed by atoms with Crippen molar-refractivity contribution in [1.29, 1.82) is 0 Å². The molecule has 0 radical (unpaired) electrons. The molecule has 1 aromatic heterocycles. The van der Waals surface area contributed by atoms with Crippen molar-refractivity contribution >= 4 is 5.71 Å². The summed E-state index contributed by atoms with van der Waals surface area (Å²) >= 11 is 0. The van der Waals surface area contributed by atoms with E-state index in [1.165, 1.54) is 16.8 Å². The molecule has 5 heteroatoms. The van der Waals surface area contributed by atoms with E-state index in [0.717, 1.165) is 11.3 Å². The minimum atomic E-state index is -0.337. The molecule has 4 nitrogen and oxygen atoms in total. The number of hydrogen-bond donors (Lipinski definition) is 1. The Morgan fingerprint density at radius 1 is 1.12 bits per heavy atom. The predicted molar refractivity (Wildman–Crippen MR) is 93.4 cm³/mol. The Kier molecular flexibility index (Phi) is 4.42. The lowest BCUT2D eigenvalue weighted by atomic mass is 10.1. The number of hydrogen-bond acceptors (Lipinski definition) is 2. The van der Waals surface area contributed by atoms with Crippen LogP contribution < -0.4 is 5.56 Å². The van der Waals surface area contributed by atoms with E-state index < -0.39 is 0 Å². The summed E-state index contributed by atoms with van der Waals surface area (Å²) in [7, 11) is 0. The Hall–Kier alpha value is -2.95. The van der Waals surface area contributed by atoms with Crippen LogP contribution in [0.1, 0.15) is 23.7 Å². The standard InChI is InChI=1S/C19H18FN3O/c1-13(21-12-15-6-4-3-5-7-15)18-14(2)22-23(19(18)24)17-10-8-16(20)9-11-17/h3-11,22H,12H2,1-2H3. The van der Waals surface area contributed by atoms with Gasteiger partial charge in [0.05, 0.1) is 17.8 Å². The molecule has 2 aromatic carbocycles. The lowest BCUT2D eigenvalue weighted by Gasteiger charge is -2.00. The van der Waals surface area contributed by atoms with E-state index >= 15 is 0 Å². The average Bonchev–Trinajstić information content (AvgIpc) is 2.89. The van der Waals surface area contributed by atoms with Gasteiger partial charge in [-0.05, 0) is 43.7 Å². The molecule has 1 N–H and O–H groups in total. The van der Waals surface area contributed by atoms with Gasteiger partial charge in [0.25, 0.3) is 5.56 Å². The number of benzene rings is 2. The maximum Gasteiger partial charge on any atom is 0.280 e. The maximum atomic E-state index is 13.1. The highest BCUT2D eigenvalue weighted by molar-refractivity contribution is 5.99. The van der Waals surface area contributed by atoms with E-state index in [1.54, 1.807) is 12.1 Å². The SMILES string of the molecule is CC(=NCc1ccccc1)c1c(C)[nH]n(-c2ccc(F)cc2)c1=O. The van der Waals surface area contributed by atoms with Gasteiger partial charge in [-0.3, -0.25) is 14.9 Å². The van der Waals surface area contributed by atoms with Crippen LogP contribution in [0.25, 0.3) is 5.69 Å². The van der Waals surface area contributed by atoms with Crippen molar-refractivity contribution in [2.45, 2.75) is 20.4 Å². The second-order valence-electron chi connectivity index (χ2n) is 5.62. The summed E-state index contributed by atoms with van der Waals surface area (Å²) < 4.78 is 14.5. The first-order chi connectivity index (χ1) is 11.6. The monoisotopic (exact) mass is 323 g/mol. The zero-order valence-corrected chi connectivity index (χ0v) is 13.6. The fourth-order valence-corrected chi connectivity index (χ4v) is 2.62. The van der Waals surface area contributed by atoms with Gasteiger partial charge in [0, 0.05) is 11.4 Å². The molecule has 0 saturated carbocycles. The van der Waals surface area contributed by atoms with Gasteiger partial charge in [0.15, 0.2) is 0 Å². The molecule has 0 saturated heterocycles. The zero-order chi connectivity index (χ0) is 17.1. The van der Waals surface area contributed by atoms with Crippen molar-refractivity contribution in [3.05, 3.63) is 87.6 Å². The Bertz CT molecular complexity index is 921. The Morgan fingerprint density at radius 2 is 1.79 bits per heavy atom. The second kappa shape index (κ2) is 6.66. The maximum absolute atomic E-state index is 13.1. The minimum absolute atomic E-state index is 0.187. The number of aryl methyl sites for hydroxylation is 1. The van der Waals surface area contributed by atoms with Gasteiger partial charge in [-0.15, -0.1) is 0 Å². The van der Waals surface area contributed by atoms with Crippen molar-refractivity contribution in [3.8, 4) is 5.69 Å². The number of rotatable bonds is 4. The van der Waals surface area contributed by atoms with Crippen LogP contribution in [0.5, 0.6) is 0 Å². The van der Waals surface area contributed by atoms with Crippen molar-refractivity contribution in [2.75, 3.05) is 0 Å². The van der Waals surface area contributed by atoms with Crippen LogP contribution in [0.15, 0.2) is 64.4 Å². The number of H-pyrrole nitrogens is 1. The largest absolute Gasteiger partial charge is 0.295 e. The smallest absolute Gasteiger partial charge is 0.280 e. The average molecular weight is 323 g/mol. The molecule has 0 unspecified atom stereocenters. The lowest BCUT2D eigenvalue weighted by molar-refractivity contribution is 0.627. The van der Waals surface area contributed by atoms with Crippen LogP contribution >= 0.6 is 0 Å². The van der Waals surface area contributed by atoms with Crippen molar-refractivity contribution in [2.24, 2.45) is 4.99 Å². The summed E-state index contributed by atoms with van der Waals surface area (Å²) in [6.07, 6.45) is 0. The highest BCUT2D eigenvalue weighted by Gasteiger charge is 2.14. The Morgan fingerprint density at radius 3 is 2.46 bits per heavy atom. The van der Waals surface area contributed by atoms with Crippen molar-refractivity contribution in [1.82, 2.24) is 9.78 Å². The predicted octanol–water partition coefficient (Wildman–Crippen LogP) is 3.62. The quantitative estimate of drug-likeness (QED) is 0.733. The van der Waals surface area contributed by atoms with E-state index in [1.807, 2.05) is 44.2 Å². The van der Waals surface area contributed by atoms with Gasteiger partial charge in [-0.2, -0.15) is 0 Å². The molecule has 0 aliphatic heterocycles. The highest BCUT2D eigenvalue weighted by Crippen LogP contribution is 2.10. The fourth-order valence-electron chi connectivity index (χ4n) is 2.62. The molecule has 3 aromatic rings. The molecule has 1 heterocycles. The Balaban J connectivity index is 1.94. The number of nitrogens with one attached hydrogen (secondary N) is 1. The third kappa shape index (κ3) is 3.20. The topological polar surface area (TPSA) is 50.1 Å². The second-order valence-corrected chi connectivity index (χ2v) is 5.62. The van der Waals surface area contributed by atoms with Gasteiger partial charge < -0.3 is 0 Å². The van der Waals surface area contributed by atoms with Crippen molar-refractivity contribution < 1.29 is 4.39 Å². The lowest BCUT2D eigenvalue weighted by Crippen LogP contribution is -2.19. The molecule has 0 aliphatic carbocycles. The first kappa shape index (κ1) is 15.9. The molecule has 0 atom stereocenters. The molecule has 0 bridgehead atoms. The van der Waals surface area contributed by atoms with Gasteiger partial charge >= 0.3 is 0 Å². The summed E-state index contributed by atoms with van der Waals surface area (Å²) in [6.45, 7) is 4.18. The molecule has 0 amide bonds. The number of aliphatic imine (C=N–C) groups is 1. The summed E-state index contributed by atoms with van der Waals surface area (Å²) in [4.78, 5) is 17.2. The van der Waals surface area contributed by atoms with Crippen LogP contribution in [0, 0.1) is 12.7 Å². The number of halogens is 1. The first-order valence-electron chi connectivity index (χ1n) is 7.69. The minimum Gasteiger partial charge on any atom is -0.295 e. The van der Waals surface area contributed by atoms with E-state index in [0.29, 0.717) is 23.5 Å². The van der Waals surface area contributed by atoms with E-state index in [2.05, 4.69) is 10.1 Å². The zero-order valence-electron chi connectivity index (χ0n) is 13.6. The summed E-state index contributed by atoms with van der Waals surface area (Å²) in [5.74, 6) is -0.337. The normalized spacial score (nSPS) is 11.7.